The summed E-state index contributed by atoms with van der Waals surface area (Å²) >= 11 is 0. The van der Waals surface area contributed by atoms with Crippen LogP contribution in [0.3, 0.4) is 0 Å². The molecule has 0 bridgehead atoms. The second-order valence-electron chi connectivity index (χ2n) is 7.46. The van der Waals surface area contributed by atoms with Crippen LogP contribution in [0.15, 0.2) is 42.5 Å². The third-order valence-corrected chi connectivity index (χ3v) is 5.60. The van der Waals surface area contributed by atoms with E-state index in [-0.39, 0.29) is 5.82 Å². The molecule has 150 valence electrons. The molecule has 3 rings (SSSR count). The quantitative estimate of drug-likeness (QED) is 0.489. The van der Waals surface area contributed by atoms with Gasteiger partial charge in [0.1, 0.15) is 11.6 Å². The minimum absolute atomic E-state index is 0.157. The van der Waals surface area contributed by atoms with Crippen LogP contribution in [0.2, 0.25) is 0 Å². The second-order valence-corrected chi connectivity index (χ2v) is 7.46. The summed E-state index contributed by atoms with van der Waals surface area (Å²) in [5.41, 5.74) is 3.04. The van der Waals surface area contributed by atoms with Gasteiger partial charge in [0.05, 0.1) is 12.8 Å². The molecule has 0 atom stereocenters. The summed E-state index contributed by atoms with van der Waals surface area (Å²) in [5, 5.41) is 6.33. The lowest BCUT2D eigenvalue weighted by Gasteiger charge is -2.30. The highest BCUT2D eigenvalue weighted by Crippen LogP contribution is 2.36. The van der Waals surface area contributed by atoms with Gasteiger partial charge in [0.15, 0.2) is 0 Å². The number of anilines is 1. The van der Waals surface area contributed by atoms with Crippen molar-refractivity contribution < 1.29 is 13.9 Å². The van der Waals surface area contributed by atoms with Gasteiger partial charge in [-0.05, 0) is 86.4 Å². The van der Waals surface area contributed by atoms with E-state index < -0.39 is 0 Å². The van der Waals surface area contributed by atoms with Crippen LogP contribution in [0.4, 0.5) is 10.1 Å². The van der Waals surface area contributed by atoms with Crippen LogP contribution in [0.25, 0.3) is 0 Å². The van der Waals surface area contributed by atoms with Crippen LogP contribution >= 0.6 is 0 Å². The van der Waals surface area contributed by atoms with E-state index in [4.69, 9.17) is 4.74 Å². The fourth-order valence-electron chi connectivity index (χ4n) is 4.07. The first-order chi connectivity index (χ1) is 13.7. The highest BCUT2D eigenvalue weighted by atomic mass is 19.1. The minimum atomic E-state index is -0.157. The highest BCUT2D eigenvalue weighted by molar-refractivity contribution is 5.75. The molecule has 0 aromatic heterocycles. The summed E-state index contributed by atoms with van der Waals surface area (Å²) in [6.45, 7) is 0.964. The fraction of sp³-hybridized carbons (Fsp3) is 0.435. The first-order valence-electron chi connectivity index (χ1n) is 10.1. The predicted octanol–water partition coefficient (Wildman–Crippen LogP) is 4.65. The number of amides is 1. The molecule has 0 radical (unpaired) electrons. The van der Waals surface area contributed by atoms with Crippen molar-refractivity contribution >= 4 is 12.1 Å². The second kappa shape index (κ2) is 10.2. The van der Waals surface area contributed by atoms with Gasteiger partial charge in [0.2, 0.25) is 6.41 Å². The number of carbonyl (C=O) groups is 1. The van der Waals surface area contributed by atoms with Crippen molar-refractivity contribution in [3.8, 4) is 5.75 Å². The van der Waals surface area contributed by atoms with E-state index in [2.05, 4.69) is 16.7 Å². The lowest BCUT2D eigenvalue weighted by atomic mass is 9.81. The average molecular weight is 384 g/mol. The number of nitrogens with one attached hydrogen (secondary N) is 2. The van der Waals surface area contributed by atoms with Crippen LogP contribution in [-0.4, -0.2) is 26.1 Å². The third-order valence-electron chi connectivity index (χ3n) is 5.60. The first-order valence-corrected chi connectivity index (χ1v) is 10.1. The lowest BCUT2D eigenvalue weighted by molar-refractivity contribution is -0.105. The van der Waals surface area contributed by atoms with Crippen molar-refractivity contribution in [2.45, 2.75) is 50.5 Å². The molecule has 28 heavy (non-hydrogen) atoms. The van der Waals surface area contributed by atoms with E-state index in [0.29, 0.717) is 29.8 Å². The van der Waals surface area contributed by atoms with E-state index in [0.717, 1.165) is 50.6 Å². The summed E-state index contributed by atoms with van der Waals surface area (Å²) in [6, 6.07) is 13.5. The molecular formula is C23H29FN2O2. The molecule has 0 aliphatic heterocycles. The molecule has 1 amide bonds. The maximum absolute atomic E-state index is 13.2. The van der Waals surface area contributed by atoms with Gasteiger partial charge >= 0.3 is 0 Å². The van der Waals surface area contributed by atoms with Crippen molar-refractivity contribution in [1.29, 1.82) is 0 Å². The van der Waals surface area contributed by atoms with Gasteiger partial charge in [0, 0.05) is 6.04 Å². The first kappa shape index (κ1) is 20.3. The summed E-state index contributed by atoms with van der Waals surface area (Å²) in [6.07, 6.45) is 7.19. The zero-order chi connectivity index (χ0) is 19.8. The molecule has 1 aliphatic carbocycles. The molecule has 2 N–H and O–H groups in total. The maximum atomic E-state index is 13.2. The molecule has 1 aliphatic rings. The zero-order valence-electron chi connectivity index (χ0n) is 16.4. The van der Waals surface area contributed by atoms with Crippen LogP contribution in [0.1, 0.15) is 49.1 Å². The van der Waals surface area contributed by atoms with Crippen LogP contribution in [-0.2, 0) is 11.2 Å². The zero-order valence-corrected chi connectivity index (χ0v) is 16.4. The van der Waals surface area contributed by atoms with Gasteiger partial charge in [-0.15, -0.1) is 0 Å². The number of carbonyl (C=O) groups excluding carboxylic acids is 1. The Labute approximate surface area is 166 Å². The molecule has 1 fully saturated rings. The van der Waals surface area contributed by atoms with E-state index in [1.807, 2.05) is 18.2 Å². The van der Waals surface area contributed by atoms with Gasteiger partial charge in [-0.1, -0.05) is 18.2 Å². The van der Waals surface area contributed by atoms with E-state index in [9.17, 15) is 9.18 Å². The number of benzene rings is 2. The highest BCUT2D eigenvalue weighted by Gasteiger charge is 2.22. The van der Waals surface area contributed by atoms with Gasteiger partial charge in [0.25, 0.3) is 0 Å². The van der Waals surface area contributed by atoms with Gasteiger partial charge < -0.3 is 15.4 Å². The molecule has 0 saturated heterocycles. The molecule has 0 unspecified atom stereocenters. The number of ether oxygens (including phenoxy) is 1. The number of hydrogen-bond donors (Lipinski definition) is 2. The Balaban J connectivity index is 1.42. The SMILES string of the molecule is COc1cc(C2CCC(NCCCc3cccc(F)c3)CC2)ccc1NC=O. The number of rotatable bonds is 9. The van der Waals surface area contributed by atoms with Gasteiger partial charge in [-0.2, -0.15) is 0 Å². The average Bonchev–Trinajstić information content (AvgIpc) is 2.72. The molecular weight excluding hydrogens is 355 g/mol. The molecule has 4 nitrogen and oxygen atoms in total. The molecule has 2 aromatic rings. The Morgan fingerprint density at radius 3 is 2.68 bits per heavy atom. The Morgan fingerprint density at radius 1 is 1.14 bits per heavy atom. The van der Waals surface area contributed by atoms with Gasteiger partial charge in [-0.3, -0.25) is 4.79 Å². The Morgan fingerprint density at radius 2 is 1.96 bits per heavy atom. The molecule has 2 aromatic carbocycles. The largest absolute Gasteiger partial charge is 0.495 e. The predicted molar refractivity (Wildman–Crippen MR) is 110 cm³/mol. The van der Waals surface area contributed by atoms with Crippen LogP contribution in [0.5, 0.6) is 5.75 Å². The van der Waals surface area contributed by atoms with E-state index in [1.165, 1.54) is 11.6 Å². The van der Waals surface area contributed by atoms with Crippen LogP contribution in [0, 0.1) is 5.82 Å². The topological polar surface area (TPSA) is 50.4 Å². The fourth-order valence-corrected chi connectivity index (χ4v) is 4.07. The van der Waals surface area contributed by atoms with E-state index >= 15 is 0 Å². The van der Waals surface area contributed by atoms with Crippen molar-refractivity contribution in [3.63, 3.8) is 0 Å². The Hall–Kier alpha value is -2.40. The van der Waals surface area contributed by atoms with Crippen molar-refractivity contribution in [3.05, 3.63) is 59.4 Å². The summed E-state index contributed by atoms with van der Waals surface area (Å²) in [5.74, 6) is 1.09. The molecule has 0 spiro atoms. The van der Waals surface area contributed by atoms with Crippen molar-refractivity contribution in [1.82, 2.24) is 5.32 Å². The van der Waals surface area contributed by atoms with Crippen molar-refractivity contribution in [2.24, 2.45) is 0 Å². The summed E-state index contributed by atoms with van der Waals surface area (Å²) in [7, 11) is 1.62. The summed E-state index contributed by atoms with van der Waals surface area (Å²) in [4.78, 5) is 10.7. The Kier molecular flexibility index (Phi) is 7.43. The molecule has 5 heteroatoms. The molecule has 1 saturated carbocycles. The van der Waals surface area contributed by atoms with Crippen molar-refractivity contribution in [2.75, 3.05) is 19.0 Å². The monoisotopic (exact) mass is 384 g/mol. The van der Waals surface area contributed by atoms with Crippen LogP contribution < -0.4 is 15.4 Å². The van der Waals surface area contributed by atoms with E-state index in [1.54, 1.807) is 19.2 Å². The number of halogens is 1. The lowest BCUT2D eigenvalue weighted by Crippen LogP contribution is -2.33. The standard InChI is InChI=1S/C23H29FN2O2/c1-28-23-15-19(9-12-22(23)26-16-27)18-7-10-21(11-8-18)25-13-3-5-17-4-2-6-20(24)14-17/h2,4,6,9,12,14-16,18,21,25H,3,5,7-8,10-11,13H2,1H3,(H,26,27). The number of hydrogen-bond acceptors (Lipinski definition) is 3. The minimum Gasteiger partial charge on any atom is -0.495 e. The number of aryl methyl sites for hydroxylation is 1. The maximum Gasteiger partial charge on any atom is 0.211 e. The number of methoxy groups -OCH3 is 1. The third kappa shape index (κ3) is 5.55. The Bertz CT molecular complexity index is 773. The van der Waals surface area contributed by atoms with Gasteiger partial charge in [-0.25, -0.2) is 4.39 Å². The smallest absolute Gasteiger partial charge is 0.211 e. The normalized spacial score (nSPS) is 19.2. The summed E-state index contributed by atoms with van der Waals surface area (Å²) < 4.78 is 18.6. The molecule has 0 heterocycles.